The minimum absolute atomic E-state index is 0.520. The van der Waals surface area contributed by atoms with Crippen molar-refractivity contribution in [2.75, 3.05) is 7.05 Å². The summed E-state index contributed by atoms with van der Waals surface area (Å²) in [7, 11) is 1.97. The van der Waals surface area contributed by atoms with E-state index in [9.17, 15) is 0 Å². The van der Waals surface area contributed by atoms with Gasteiger partial charge in [-0.2, -0.15) is 0 Å². The third-order valence-electron chi connectivity index (χ3n) is 1.28. The molecule has 3 heteroatoms. The van der Waals surface area contributed by atoms with Crippen molar-refractivity contribution >= 4 is 0 Å². The summed E-state index contributed by atoms with van der Waals surface area (Å²) >= 11 is 0. The van der Waals surface area contributed by atoms with Gasteiger partial charge in [-0.25, -0.2) is 0 Å². The first-order valence-electron chi connectivity index (χ1n) is 3.16. The van der Waals surface area contributed by atoms with E-state index in [0.29, 0.717) is 6.04 Å². The molecule has 1 N–H and O–H groups in total. The summed E-state index contributed by atoms with van der Waals surface area (Å²) in [5.74, 6) is 0. The van der Waals surface area contributed by atoms with Gasteiger partial charge in [0.2, 0.25) is 0 Å². The Kier molecular flexibility index (Phi) is 1.62. The number of nitrogens with one attached hydrogen (secondary N) is 1. The van der Waals surface area contributed by atoms with Gasteiger partial charge in [-0.1, -0.05) is 0 Å². The molecule has 52 valence electrons. The first-order chi connectivity index (χ1) is 4.20. The van der Waals surface area contributed by atoms with E-state index >= 15 is 0 Å². The van der Waals surface area contributed by atoms with Crippen molar-refractivity contribution in [1.82, 2.24) is 15.6 Å². The van der Waals surface area contributed by atoms with E-state index in [4.69, 9.17) is 0 Å². The highest BCUT2D eigenvalue weighted by Gasteiger charge is 2.09. The molecule has 1 heterocycles. The van der Waals surface area contributed by atoms with Crippen LogP contribution >= 0.6 is 0 Å². The zero-order chi connectivity index (χ0) is 6.85. The summed E-state index contributed by atoms with van der Waals surface area (Å²) in [6, 6.07) is 0.520. The van der Waals surface area contributed by atoms with Crippen LogP contribution in [0.15, 0.2) is 12.4 Å². The van der Waals surface area contributed by atoms with E-state index in [1.54, 1.807) is 0 Å². The molecule has 3 nitrogen and oxygen atoms in total. The fourth-order valence-electron chi connectivity index (χ4n) is 0.708. The second-order valence-corrected chi connectivity index (χ2v) is 2.51. The van der Waals surface area contributed by atoms with E-state index in [2.05, 4.69) is 19.4 Å². The van der Waals surface area contributed by atoms with Gasteiger partial charge in [-0.3, -0.25) is 10.0 Å². The lowest BCUT2D eigenvalue weighted by Crippen LogP contribution is -2.40. The first-order valence-corrected chi connectivity index (χ1v) is 3.16. The molecular formula is C6H13N3. The van der Waals surface area contributed by atoms with E-state index in [1.807, 2.05) is 29.5 Å². The zero-order valence-corrected chi connectivity index (χ0v) is 6.13. The summed E-state index contributed by atoms with van der Waals surface area (Å²) < 4.78 is 0. The molecule has 0 unspecified atom stereocenters. The maximum absolute atomic E-state index is 3.11. The Morgan fingerprint density at radius 2 is 2.00 bits per heavy atom. The van der Waals surface area contributed by atoms with Gasteiger partial charge in [0.15, 0.2) is 0 Å². The molecule has 0 aromatic rings. The third-order valence-corrected chi connectivity index (χ3v) is 1.28. The Hall–Kier alpha value is -0.700. The Morgan fingerprint density at radius 3 is 2.22 bits per heavy atom. The predicted molar refractivity (Wildman–Crippen MR) is 37.0 cm³/mol. The number of hydrogen-bond acceptors (Lipinski definition) is 3. The molecule has 0 amide bonds. The average Bonchev–Trinajstić information content (AvgIpc) is 2.14. The van der Waals surface area contributed by atoms with Crippen LogP contribution in [0.2, 0.25) is 0 Å². The maximum atomic E-state index is 3.11. The Labute approximate surface area is 55.9 Å². The molecule has 0 radical (unpaired) electrons. The van der Waals surface area contributed by atoms with Gasteiger partial charge in [0.05, 0.1) is 0 Å². The van der Waals surface area contributed by atoms with Gasteiger partial charge in [0.25, 0.3) is 0 Å². The molecule has 1 rings (SSSR count). The van der Waals surface area contributed by atoms with Gasteiger partial charge in [0.1, 0.15) is 0 Å². The highest BCUT2D eigenvalue weighted by molar-refractivity contribution is 4.85. The van der Waals surface area contributed by atoms with Crippen LogP contribution in [0.25, 0.3) is 0 Å². The van der Waals surface area contributed by atoms with Crippen LogP contribution in [0.5, 0.6) is 0 Å². The van der Waals surface area contributed by atoms with Crippen LogP contribution in [0.4, 0.5) is 0 Å². The van der Waals surface area contributed by atoms with Crippen molar-refractivity contribution in [2.45, 2.75) is 19.9 Å². The largest absolute Gasteiger partial charge is 0.300 e. The van der Waals surface area contributed by atoms with E-state index in [0.717, 1.165) is 0 Å². The Morgan fingerprint density at radius 1 is 1.33 bits per heavy atom. The van der Waals surface area contributed by atoms with Gasteiger partial charge in [-0.15, -0.1) is 5.53 Å². The number of rotatable bonds is 1. The second-order valence-electron chi connectivity index (χ2n) is 2.51. The molecule has 0 spiro atoms. The zero-order valence-electron chi connectivity index (χ0n) is 6.13. The van der Waals surface area contributed by atoms with E-state index in [1.165, 1.54) is 0 Å². The SMILES string of the molecule is CC(C)N1C=CN(C)N1. The molecule has 0 aromatic heterocycles. The lowest BCUT2D eigenvalue weighted by atomic mass is 10.4. The van der Waals surface area contributed by atoms with Gasteiger partial charge in [0, 0.05) is 25.5 Å². The van der Waals surface area contributed by atoms with E-state index in [-0.39, 0.29) is 0 Å². The van der Waals surface area contributed by atoms with Crippen molar-refractivity contribution in [3.05, 3.63) is 12.4 Å². The maximum Gasteiger partial charge on any atom is 0.0410 e. The van der Waals surface area contributed by atoms with Crippen molar-refractivity contribution in [2.24, 2.45) is 0 Å². The van der Waals surface area contributed by atoms with Crippen LogP contribution in [-0.2, 0) is 0 Å². The summed E-state index contributed by atoms with van der Waals surface area (Å²) in [6.45, 7) is 4.27. The van der Waals surface area contributed by atoms with Gasteiger partial charge in [-0.05, 0) is 13.8 Å². The summed E-state index contributed by atoms with van der Waals surface area (Å²) in [5.41, 5.74) is 3.11. The number of hydrazine groups is 2. The summed E-state index contributed by atoms with van der Waals surface area (Å²) in [6.07, 6.45) is 4.00. The second kappa shape index (κ2) is 2.27. The summed E-state index contributed by atoms with van der Waals surface area (Å²) in [4.78, 5) is 0. The molecule has 0 bridgehead atoms. The Balaban J connectivity index is 2.41. The molecule has 9 heavy (non-hydrogen) atoms. The fourth-order valence-corrected chi connectivity index (χ4v) is 0.708. The molecule has 0 saturated carbocycles. The van der Waals surface area contributed by atoms with Crippen molar-refractivity contribution in [1.29, 1.82) is 0 Å². The topological polar surface area (TPSA) is 18.5 Å². The highest BCUT2D eigenvalue weighted by atomic mass is 15.8. The lowest BCUT2D eigenvalue weighted by Gasteiger charge is -2.22. The standard InChI is InChI=1S/C6H13N3/c1-6(2)9-5-4-8(3)7-9/h4-7H,1-3H3. The Bertz CT molecular complexity index is 119. The van der Waals surface area contributed by atoms with Crippen LogP contribution in [0.1, 0.15) is 13.8 Å². The van der Waals surface area contributed by atoms with Crippen LogP contribution in [-0.4, -0.2) is 23.1 Å². The molecule has 1 aliphatic rings. The average molecular weight is 127 g/mol. The smallest absolute Gasteiger partial charge is 0.0410 e. The minimum atomic E-state index is 0.520. The molecular weight excluding hydrogens is 114 g/mol. The van der Waals surface area contributed by atoms with E-state index < -0.39 is 0 Å². The van der Waals surface area contributed by atoms with Crippen molar-refractivity contribution in [3.8, 4) is 0 Å². The molecule has 0 fully saturated rings. The lowest BCUT2D eigenvalue weighted by molar-refractivity contribution is 0.131. The minimum Gasteiger partial charge on any atom is -0.300 e. The summed E-state index contributed by atoms with van der Waals surface area (Å²) in [5, 5.41) is 3.96. The molecule has 0 atom stereocenters. The van der Waals surface area contributed by atoms with Gasteiger partial charge < -0.3 is 0 Å². The molecule has 0 saturated heterocycles. The van der Waals surface area contributed by atoms with Gasteiger partial charge >= 0.3 is 0 Å². The first kappa shape index (κ1) is 6.42. The third kappa shape index (κ3) is 1.36. The number of hydrogen-bond donors (Lipinski definition) is 1. The van der Waals surface area contributed by atoms with Crippen molar-refractivity contribution < 1.29 is 0 Å². The normalized spacial score (nSPS) is 18.2. The van der Waals surface area contributed by atoms with Crippen LogP contribution in [0.3, 0.4) is 0 Å². The molecule has 1 aliphatic heterocycles. The van der Waals surface area contributed by atoms with Crippen LogP contribution < -0.4 is 5.53 Å². The monoisotopic (exact) mass is 127 g/mol. The molecule has 0 aromatic carbocycles. The predicted octanol–water partition coefficient (Wildman–Crippen LogP) is 0.533. The number of nitrogens with zero attached hydrogens (tertiary/aromatic N) is 2. The van der Waals surface area contributed by atoms with Crippen LogP contribution in [0, 0.1) is 0 Å². The highest BCUT2D eigenvalue weighted by Crippen LogP contribution is 2.01. The fraction of sp³-hybridized carbons (Fsp3) is 0.667. The van der Waals surface area contributed by atoms with Crippen molar-refractivity contribution in [3.63, 3.8) is 0 Å². The molecule has 0 aliphatic carbocycles. The quantitative estimate of drug-likeness (QED) is 0.554.